The highest BCUT2D eigenvalue weighted by molar-refractivity contribution is 5.91. The zero-order chi connectivity index (χ0) is 19.6. The van der Waals surface area contributed by atoms with E-state index in [1.54, 1.807) is 6.07 Å². The standard InChI is InChI=1S/C24H22N4O/c29-22-13-7-5-11-20(22)23-25-21-12-6-4-10-19(21)24(26-23)28-16-14-27(15-17-28)18-8-2-1-3-9-18/h1-13,29H,14-17H2. The molecule has 0 spiro atoms. The van der Waals surface area contributed by atoms with Crippen molar-refractivity contribution in [3.63, 3.8) is 0 Å². The van der Waals surface area contributed by atoms with Crippen LogP contribution >= 0.6 is 0 Å². The van der Waals surface area contributed by atoms with Gasteiger partial charge in [0.05, 0.1) is 11.1 Å². The van der Waals surface area contributed by atoms with Gasteiger partial charge in [-0.15, -0.1) is 0 Å². The molecule has 1 aromatic heterocycles. The lowest BCUT2D eigenvalue weighted by Gasteiger charge is -2.37. The van der Waals surface area contributed by atoms with Gasteiger partial charge in [0.15, 0.2) is 5.82 Å². The lowest BCUT2D eigenvalue weighted by molar-refractivity contribution is 0.477. The van der Waals surface area contributed by atoms with Crippen LogP contribution in [-0.2, 0) is 0 Å². The Balaban J connectivity index is 1.51. The summed E-state index contributed by atoms with van der Waals surface area (Å²) in [5, 5.41) is 11.3. The van der Waals surface area contributed by atoms with Crippen molar-refractivity contribution < 1.29 is 5.11 Å². The van der Waals surface area contributed by atoms with Crippen molar-refractivity contribution >= 4 is 22.4 Å². The van der Waals surface area contributed by atoms with E-state index in [0.717, 1.165) is 42.9 Å². The Morgan fingerprint density at radius 3 is 2.10 bits per heavy atom. The van der Waals surface area contributed by atoms with Crippen LogP contribution in [-0.4, -0.2) is 41.3 Å². The molecule has 1 saturated heterocycles. The molecular weight excluding hydrogens is 360 g/mol. The van der Waals surface area contributed by atoms with Crippen LogP contribution in [0.2, 0.25) is 0 Å². The van der Waals surface area contributed by atoms with E-state index >= 15 is 0 Å². The van der Waals surface area contributed by atoms with Crippen LogP contribution in [0.4, 0.5) is 11.5 Å². The fourth-order valence-electron chi connectivity index (χ4n) is 3.90. The maximum atomic E-state index is 10.3. The molecule has 0 bridgehead atoms. The van der Waals surface area contributed by atoms with Crippen molar-refractivity contribution in [3.8, 4) is 17.1 Å². The second-order valence-corrected chi connectivity index (χ2v) is 7.21. The quantitative estimate of drug-likeness (QED) is 0.572. The Morgan fingerprint density at radius 1 is 0.655 bits per heavy atom. The van der Waals surface area contributed by atoms with Gasteiger partial charge in [0.25, 0.3) is 0 Å². The van der Waals surface area contributed by atoms with Gasteiger partial charge < -0.3 is 14.9 Å². The fourth-order valence-corrected chi connectivity index (χ4v) is 3.90. The summed E-state index contributed by atoms with van der Waals surface area (Å²) >= 11 is 0. The minimum absolute atomic E-state index is 0.197. The Morgan fingerprint density at radius 2 is 1.31 bits per heavy atom. The topological polar surface area (TPSA) is 52.5 Å². The fraction of sp³-hybridized carbons (Fsp3) is 0.167. The first-order valence-electron chi connectivity index (χ1n) is 9.90. The first kappa shape index (κ1) is 17.5. The Bertz CT molecular complexity index is 1140. The van der Waals surface area contributed by atoms with Gasteiger partial charge in [-0.05, 0) is 36.4 Å². The number of hydrogen-bond acceptors (Lipinski definition) is 5. The molecule has 0 aliphatic carbocycles. The number of anilines is 2. The van der Waals surface area contributed by atoms with Gasteiger partial charge in [-0.3, -0.25) is 0 Å². The van der Waals surface area contributed by atoms with Crippen LogP contribution < -0.4 is 9.80 Å². The van der Waals surface area contributed by atoms with Gasteiger partial charge in [-0.1, -0.05) is 42.5 Å². The van der Waals surface area contributed by atoms with Crippen LogP contribution in [0.5, 0.6) is 5.75 Å². The number of rotatable bonds is 3. The minimum Gasteiger partial charge on any atom is -0.507 e. The number of piperazine rings is 1. The molecule has 4 aromatic rings. The number of fused-ring (bicyclic) bond motifs is 1. The summed E-state index contributed by atoms with van der Waals surface area (Å²) in [6.07, 6.45) is 0. The Hall–Kier alpha value is -3.60. The summed E-state index contributed by atoms with van der Waals surface area (Å²) in [6.45, 7) is 3.65. The molecule has 144 valence electrons. The van der Waals surface area contributed by atoms with E-state index < -0.39 is 0 Å². The number of phenols is 1. The molecule has 5 rings (SSSR count). The molecule has 1 N–H and O–H groups in total. The molecule has 0 radical (unpaired) electrons. The normalized spacial score (nSPS) is 14.3. The van der Waals surface area contributed by atoms with Gasteiger partial charge in [0.2, 0.25) is 0 Å². The summed E-state index contributed by atoms with van der Waals surface area (Å²) < 4.78 is 0. The molecule has 5 heteroatoms. The molecule has 2 heterocycles. The van der Waals surface area contributed by atoms with Crippen LogP contribution in [0.1, 0.15) is 0 Å². The second-order valence-electron chi connectivity index (χ2n) is 7.21. The van der Waals surface area contributed by atoms with Crippen LogP contribution in [0, 0.1) is 0 Å². The zero-order valence-electron chi connectivity index (χ0n) is 16.1. The third-order valence-electron chi connectivity index (χ3n) is 5.43. The van der Waals surface area contributed by atoms with E-state index in [2.05, 4.69) is 40.1 Å². The lowest BCUT2D eigenvalue weighted by atomic mass is 10.1. The monoisotopic (exact) mass is 382 g/mol. The molecule has 1 aliphatic heterocycles. The SMILES string of the molecule is Oc1ccccc1-c1nc(N2CCN(c3ccccc3)CC2)c2ccccc2n1. The largest absolute Gasteiger partial charge is 0.507 e. The number of phenolic OH excluding ortho intramolecular Hbond substituents is 1. The number of aromatic hydroxyl groups is 1. The lowest BCUT2D eigenvalue weighted by Crippen LogP contribution is -2.47. The molecule has 1 aliphatic rings. The first-order chi connectivity index (χ1) is 14.3. The molecule has 3 aromatic carbocycles. The van der Waals surface area contributed by atoms with Gasteiger partial charge in [0.1, 0.15) is 11.6 Å². The Kier molecular flexibility index (Phi) is 4.48. The molecule has 29 heavy (non-hydrogen) atoms. The maximum Gasteiger partial charge on any atom is 0.165 e. The zero-order valence-corrected chi connectivity index (χ0v) is 16.1. The summed E-state index contributed by atoms with van der Waals surface area (Å²) in [6, 6.07) is 25.9. The Labute approximate surface area is 169 Å². The van der Waals surface area contributed by atoms with E-state index in [1.807, 2.05) is 42.5 Å². The highest BCUT2D eigenvalue weighted by Gasteiger charge is 2.21. The van der Waals surface area contributed by atoms with E-state index in [-0.39, 0.29) is 5.75 Å². The summed E-state index contributed by atoms with van der Waals surface area (Å²) in [7, 11) is 0. The average Bonchev–Trinajstić information content (AvgIpc) is 2.79. The summed E-state index contributed by atoms with van der Waals surface area (Å²) in [4.78, 5) is 14.3. The number of benzene rings is 3. The smallest absolute Gasteiger partial charge is 0.165 e. The summed E-state index contributed by atoms with van der Waals surface area (Å²) in [5.74, 6) is 1.69. The third-order valence-corrected chi connectivity index (χ3v) is 5.43. The van der Waals surface area contributed by atoms with Crippen molar-refractivity contribution in [2.75, 3.05) is 36.0 Å². The second kappa shape index (κ2) is 7.43. The van der Waals surface area contributed by atoms with Crippen LogP contribution in [0.3, 0.4) is 0 Å². The number of para-hydroxylation sites is 3. The molecule has 5 nitrogen and oxygen atoms in total. The maximum absolute atomic E-state index is 10.3. The van der Waals surface area contributed by atoms with Crippen molar-refractivity contribution in [1.29, 1.82) is 0 Å². The van der Waals surface area contributed by atoms with Crippen molar-refractivity contribution in [3.05, 3.63) is 78.9 Å². The molecule has 1 fully saturated rings. The van der Waals surface area contributed by atoms with Crippen molar-refractivity contribution in [1.82, 2.24) is 9.97 Å². The minimum atomic E-state index is 0.197. The molecule has 0 amide bonds. The van der Waals surface area contributed by atoms with Gasteiger partial charge in [0, 0.05) is 37.3 Å². The van der Waals surface area contributed by atoms with E-state index in [9.17, 15) is 5.11 Å². The third kappa shape index (κ3) is 3.36. The molecule has 0 unspecified atom stereocenters. The average molecular weight is 382 g/mol. The molecular formula is C24H22N4O. The first-order valence-corrected chi connectivity index (χ1v) is 9.90. The van der Waals surface area contributed by atoms with Crippen molar-refractivity contribution in [2.24, 2.45) is 0 Å². The highest BCUT2D eigenvalue weighted by atomic mass is 16.3. The van der Waals surface area contributed by atoms with E-state index in [4.69, 9.17) is 9.97 Å². The predicted molar refractivity (Wildman–Crippen MR) is 118 cm³/mol. The highest BCUT2D eigenvalue weighted by Crippen LogP contribution is 2.32. The van der Waals surface area contributed by atoms with Crippen LogP contribution in [0.25, 0.3) is 22.3 Å². The van der Waals surface area contributed by atoms with E-state index in [0.29, 0.717) is 11.4 Å². The molecule has 0 saturated carbocycles. The number of hydrogen-bond donors (Lipinski definition) is 1. The predicted octanol–water partition coefficient (Wildman–Crippen LogP) is 4.33. The van der Waals surface area contributed by atoms with Gasteiger partial charge in [-0.25, -0.2) is 9.97 Å². The van der Waals surface area contributed by atoms with Gasteiger partial charge in [-0.2, -0.15) is 0 Å². The molecule has 0 atom stereocenters. The van der Waals surface area contributed by atoms with Gasteiger partial charge >= 0.3 is 0 Å². The number of aromatic nitrogens is 2. The number of nitrogens with zero attached hydrogens (tertiary/aromatic N) is 4. The van der Waals surface area contributed by atoms with Crippen molar-refractivity contribution in [2.45, 2.75) is 0 Å². The van der Waals surface area contributed by atoms with Crippen LogP contribution in [0.15, 0.2) is 78.9 Å². The van der Waals surface area contributed by atoms with E-state index in [1.165, 1.54) is 5.69 Å². The summed E-state index contributed by atoms with van der Waals surface area (Å²) in [5.41, 5.74) is 2.80.